The van der Waals surface area contributed by atoms with Crippen molar-refractivity contribution in [3.8, 4) is 5.75 Å². The van der Waals surface area contributed by atoms with Crippen LogP contribution in [0, 0.1) is 5.92 Å². The third-order valence-corrected chi connectivity index (χ3v) is 4.60. The molecule has 2 aliphatic rings. The first kappa shape index (κ1) is 17.4. The van der Waals surface area contributed by atoms with Gasteiger partial charge in [-0.3, -0.25) is 4.79 Å². The van der Waals surface area contributed by atoms with E-state index in [1.54, 1.807) is 0 Å². The average molecular weight is 345 g/mol. The van der Waals surface area contributed by atoms with E-state index in [1.165, 1.54) is 6.42 Å². The number of rotatable bonds is 4. The quantitative estimate of drug-likeness (QED) is 0.882. The Bertz CT molecular complexity index is 519. The number of hydrogen-bond donors (Lipinski definition) is 2. The first-order chi connectivity index (χ1) is 10.2. The fourth-order valence-electron chi connectivity index (χ4n) is 3.10. The van der Waals surface area contributed by atoms with Gasteiger partial charge in [0.15, 0.2) is 0 Å². The average Bonchev–Trinajstić information content (AvgIpc) is 3.00. The van der Waals surface area contributed by atoms with E-state index in [-0.39, 0.29) is 24.4 Å². The number of fused-ring (bicyclic) bond motifs is 1. The second-order valence-electron chi connectivity index (χ2n) is 5.81. The fourth-order valence-corrected chi connectivity index (χ4v) is 3.34. The number of amides is 1. The smallest absolute Gasteiger partial charge is 0.220 e. The molecule has 4 nitrogen and oxygen atoms in total. The number of ether oxygens (including phenoxy) is 1. The summed E-state index contributed by atoms with van der Waals surface area (Å²) in [5.74, 6) is 1.49. The summed E-state index contributed by atoms with van der Waals surface area (Å²) in [6.07, 6.45) is 3.54. The van der Waals surface area contributed by atoms with E-state index in [4.69, 9.17) is 16.3 Å². The Balaban J connectivity index is 0.00000176. The van der Waals surface area contributed by atoms with E-state index in [0.717, 1.165) is 37.2 Å². The van der Waals surface area contributed by atoms with Crippen LogP contribution in [0.4, 0.5) is 0 Å². The lowest BCUT2D eigenvalue weighted by Crippen LogP contribution is -2.32. The SMILES string of the molecule is Cl.O=C(CCC1CCNC1)NC1CCOc2c(Cl)cccc21. The van der Waals surface area contributed by atoms with Crippen LogP contribution in [0.2, 0.25) is 5.02 Å². The Morgan fingerprint density at radius 3 is 3.05 bits per heavy atom. The molecule has 1 aromatic rings. The van der Waals surface area contributed by atoms with Crippen molar-refractivity contribution in [1.82, 2.24) is 10.6 Å². The molecule has 0 spiro atoms. The van der Waals surface area contributed by atoms with E-state index >= 15 is 0 Å². The topological polar surface area (TPSA) is 50.4 Å². The summed E-state index contributed by atoms with van der Waals surface area (Å²) in [6, 6.07) is 5.71. The van der Waals surface area contributed by atoms with Gasteiger partial charge in [0.05, 0.1) is 17.7 Å². The molecule has 1 fully saturated rings. The Morgan fingerprint density at radius 1 is 1.41 bits per heavy atom. The van der Waals surface area contributed by atoms with Gasteiger partial charge >= 0.3 is 0 Å². The molecule has 2 N–H and O–H groups in total. The van der Waals surface area contributed by atoms with Crippen LogP contribution in [0.25, 0.3) is 0 Å². The molecule has 2 aliphatic heterocycles. The number of carbonyl (C=O) groups is 1. The zero-order valence-corrected chi connectivity index (χ0v) is 14.0. The van der Waals surface area contributed by atoms with Crippen LogP contribution in [0.5, 0.6) is 5.75 Å². The summed E-state index contributed by atoms with van der Waals surface area (Å²) in [4.78, 5) is 12.2. The molecule has 1 saturated heterocycles. The first-order valence-corrected chi connectivity index (χ1v) is 8.03. The van der Waals surface area contributed by atoms with Gasteiger partial charge < -0.3 is 15.4 Å². The number of halogens is 2. The van der Waals surface area contributed by atoms with Crippen molar-refractivity contribution in [3.63, 3.8) is 0 Å². The van der Waals surface area contributed by atoms with E-state index in [1.807, 2.05) is 18.2 Å². The van der Waals surface area contributed by atoms with E-state index in [2.05, 4.69) is 10.6 Å². The van der Waals surface area contributed by atoms with Crippen LogP contribution in [0.1, 0.15) is 37.3 Å². The van der Waals surface area contributed by atoms with E-state index in [0.29, 0.717) is 24.0 Å². The van der Waals surface area contributed by atoms with Crippen molar-refractivity contribution in [2.24, 2.45) is 5.92 Å². The van der Waals surface area contributed by atoms with Crippen molar-refractivity contribution in [1.29, 1.82) is 0 Å². The monoisotopic (exact) mass is 344 g/mol. The maximum atomic E-state index is 12.2. The van der Waals surface area contributed by atoms with Crippen molar-refractivity contribution >= 4 is 29.9 Å². The maximum Gasteiger partial charge on any atom is 0.220 e. The van der Waals surface area contributed by atoms with Crippen molar-refractivity contribution in [2.75, 3.05) is 19.7 Å². The number of hydrogen-bond acceptors (Lipinski definition) is 3. The van der Waals surface area contributed by atoms with Gasteiger partial charge in [0, 0.05) is 18.4 Å². The summed E-state index contributed by atoms with van der Waals surface area (Å²) in [7, 11) is 0. The van der Waals surface area contributed by atoms with Crippen LogP contribution in [-0.2, 0) is 4.79 Å². The van der Waals surface area contributed by atoms with Gasteiger partial charge in [0.2, 0.25) is 5.91 Å². The minimum absolute atomic E-state index is 0. The van der Waals surface area contributed by atoms with Crippen LogP contribution >= 0.6 is 24.0 Å². The highest BCUT2D eigenvalue weighted by Gasteiger charge is 2.25. The zero-order chi connectivity index (χ0) is 14.7. The predicted molar refractivity (Wildman–Crippen MR) is 89.9 cm³/mol. The zero-order valence-electron chi connectivity index (χ0n) is 12.4. The van der Waals surface area contributed by atoms with Gasteiger partial charge in [-0.1, -0.05) is 23.7 Å². The second kappa shape index (κ2) is 8.04. The molecule has 2 atom stereocenters. The maximum absolute atomic E-state index is 12.2. The summed E-state index contributed by atoms with van der Waals surface area (Å²) < 4.78 is 5.62. The summed E-state index contributed by atoms with van der Waals surface area (Å²) >= 11 is 6.15. The molecule has 0 aromatic heterocycles. The molecule has 122 valence electrons. The fraction of sp³-hybridized carbons (Fsp3) is 0.562. The van der Waals surface area contributed by atoms with Crippen LogP contribution in [0.3, 0.4) is 0 Å². The highest BCUT2D eigenvalue weighted by atomic mass is 35.5. The number of benzene rings is 1. The lowest BCUT2D eigenvalue weighted by molar-refractivity contribution is -0.122. The number of para-hydroxylation sites is 1. The van der Waals surface area contributed by atoms with Crippen LogP contribution in [0.15, 0.2) is 18.2 Å². The molecular weight excluding hydrogens is 323 g/mol. The van der Waals surface area contributed by atoms with Crippen molar-refractivity contribution in [3.05, 3.63) is 28.8 Å². The van der Waals surface area contributed by atoms with Crippen LogP contribution in [-0.4, -0.2) is 25.6 Å². The highest BCUT2D eigenvalue weighted by Crippen LogP contribution is 2.37. The molecule has 0 aliphatic carbocycles. The standard InChI is InChI=1S/C16H21ClN2O2.ClH/c17-13-3-1-2-12-14(7-9-21-16(12)13)19-15(20)5-4-11-6-8-18-10-11;/h1-3,11,14,18H,4-10H2,(H,19,20);1H. The highest BCUT2D eigenvalue weighted by molar-refractivity contribution is 6.32. The van der Waals surface area contributed by atoms with Gasteiger partial charge in [-0.15, -0.1) is 12.4 Å². The van der Waals surface area contributed by atoms with Crippen molar-refractivity contribution < 1.29 is 9.53 Å². The lowest BCUT2D eigenvalue weighted by Gasteiger charge is -2.27. The summed E-state index contributed by atoms with van der Waals surface area (Å²) in [5.41, 5.74) is 0.990. The minimum Gasteiger partial charge on any atom is -0.492 e. The lowest BCUT2D eigenvalue weighted by atomic mass is 9.99. The molecule has 6 heteroatoms. The number of carbonyl (C=O) groups excluding carboxylic acids is 1. The predicted octanol–water partition coefficient (Wildman–Crippen LogP) is 3.09. The second-order valence-corrected chi connectivity index (χ2v) is 6.22. The molecular formula is C16H22Cl2N2O2. The third kappa shape index (κ3) is 4.06. The molecule has 2 heterocycles. The Hall–Kier alpha value is -0.970. The summed E-state index contributed by atoms with van der Waals surface area (Å²) in [5, 5.41) is 7.08. The van der Waals surface area contributed by atoms with Crippen molar-refractivity contribution in [2.45, 2.75) is 31.7 Å². The van der Waals surface area contributed by atoms with E-state index < -0.39 is 0 Å². The Labute approximate surface area is 142 Å². The molecule has 1 amide bonds. The normalized spacial score (nSPS) is 23.1. The molecule has 3 rings (SSSR count). The Kier molecular flexibility index (Phi) is 6.36. The van der Waals surface area contributed by atoms with E-state index in [9.17, 15) is 4.79 Å². The van der Waals surface area contributed by atoms with Crippen LogP contribution < -0.4 is 15.4 Å². The van der Waals surface area contributed by atoms with Gasteiger partial charge in [-0.25, -0.2) is 0 Å². The van der Waals surface area contributed by atoms with Gasteiger partial charge in [0.25, 0.3) is 0 Å². The summed E-state index contributed by atoms with van der Waals surface area (Å²) in [6.45, 7) is 2.72. The largest absolute Gasteiger partial charge is 0.492 e. The van der Waals surface area contributed by atoms with Gasteiger partial charge in [-0.2, -0.15) is 0 Å². The molecule has 22 heavy (non-hydrogen) atoms. The molecule has 0 bridgehead atoms. The molecule has 0 radical (unpaired) electrons. The third-order valence-electron chi connectivity index (χ3n) is 4.30. The van der Waals surface area contributed by atoms with Gasteiger partial charge in [0.1, 0.15) is 5.75 Å². The minimum atomic E-state index is 0. The van der Waals surface area contributed by atoms with Gasteiger partial charge in [-0.05, 0) is 37.9 Å². The molecule has 1 aromatic carbocycles. The first-order valence-electron chi connectivity index (χ1n) is 7.65. The Morgan fingerprint density at radius 2 is 2.27 bits per heavy atom. The molecule has 0 saturated carbocycles. The molecule has 2 unspecified atom stereocenters. The number of nitrogens with one attached hydrogen (secondary N) is 2.